The van der Waals surface area contributed by atoms with Gasteiger partial charge in [0, 0.05) is 12.1 Å². The zero-order chi connectivity index (χ0) is 6.69. The fourth-order valence-corrected chi connectivity index (χ4v) is 0.791. The van der Waals surface area contributed by atoms with Gasteiger partial charge >= 0.3 is 0 Å². The number of hydrogen-bond acceptors (Lipinski definition) is 2. The Bertz CT molecular complexity index is 184. The number of nitrogens with zero attached hydrogens (tertiary/aromatic N) is 1. The predicted molar refractivity (Wildman–Crippen MR) is 36.4 cm³/mol. The zero-order valence-electron chi connectivity index (χ0n) is 4.89. The van der Waals surface area contributed by atoms with Crippen molar-refractivity contribution in [2.24, 2.45) is 5.73 Å². The van der Waals surface area contributed by atoms with Gasteiger partial charge in [-0.2, -0.15) is 5.10 Å². The molecule has 3 nitrogen and oxygen atoms in total. The number of aromatic amines is 1. The van der Waals surface area contributed by atoms with Crippen molar-refractivity contribution in [3.63, 3.8) is 0 Å². The Labute approximate surface area is 58.2 Å². The molecule has 4 heteroatoms. The van der Waals surface area contributed by atoms with Crippen LogP contribution in [0, 0.1) is 0 Å². The summed E-state index contributed by atoms with van der Waals surface area (Å²) in [4.78, 5) is 0. The van der Waals surface area contributed by atoms with Crippen LogP contribution in [0.2, 0.25) is 5.15 Å². The van der Waals surface area contributed by atoms with Crippen LogP contribution in [0.25, 0.3) is 0 Å². The summed E-state index contributed by atoms with van der Waals surface area (Å²) in [6, 6.07) is 1.77. The monoisotopic (exact) mass is 145 g/mol. The van der Waals surface area contributed by atoms with Crippen LogP contribution in [0.1, 0.15) is 5.69 Å². The maximum absolute atomic E-state index is 5.51. The maximum Gasteiger partial charge on any atom is 0.151 e. The van der Waals surface area contributed by atoms with Gasteiger partial charge in [-0.3, -0.25) is 5.10 Å². The van der Waals surface area contributed by atoms with E-state index in [1.807, 2.05) is 0 Å². The number of halogens is 1. The SMILES string of the molecule is NCCc1cc(Cl)n[nH]1. The van der Waals surface area contributed by atoms with Crippen LogP contribution in [0.15, 0.2) is 6.07 Å². The van der Waals surface area contributed by atoms with Gasteiger partial charge in [-0.05, 0) is 12.6 Å². The molecule has 0 saturated heterocycles. The fraction of sp³-hybridized carbons (Fsp3) is 0.400. The topological polar surface area (TPSA) is 54.7 Å². The molecule has 1 rings (SSSR count). The quantitative estimate of drug-likeness (QED) is 0.639. The standard InChI is InChI=1S/C5H8ClN3/c6-5-3-4(1-2-7)8-9-5/h3H,1-2,7H2,(H,8,9). The predicted octanol–water partition coefficient (Wildman–Crippen LogP) is 0.564. The molecule has 0 aliphatic rings. The highest BCUT2D eigenvalue weighted by atomic mass is 35.5. The summed E-state index contributed by atoms with van der Waals surface area (Å²) in [6.45, 7) is 0.624. The van der Waals surface area contributed by atoms with E-state index in [2.05, 4.69) is 10.2 Å². The van der Waals surface area contributed by atoms with Crippen LogP contribution in [0.4, 0.5) is 0 Å². The van der Waals surface area contributed by atoms with E-state index in [1.165, 1.54) is 0 Å². The number of aromatic nitrogens is 2. The molecule has 0 unspecified atom stereocenters. The second-order valence-corrected chi connectivity index (χ2v) is 2.14. The molecule has 0 spiro atoms. The highest BCUT2D eigenvalue weighted by Gasteiger charge is 1.94. The van der Waals surface area contributed by atoms with Gasteiger partial charge in [0.05, 0.1) is 0 Å². The molecule has 0 atom stereocenters. The third-order valence-corrected chi connectivity index (χ3v) is 1.21. The van der Waals surface area contributed by atoms with Gasteiger partial charge in [0.2, 0.25) is 0 Å². The van der Waals surface area contributed by atoms with Crippen LogP contribution in [-0.2, 0) is 6.42 Å². The highest BCUT2D eigenvalue weighted by molar-refractivity contribution is 6.29. The van der Waals surface area contributed by atoms with Crippen LogP contribution in [-0.4, -0.2) is 16.7 Å². The summed E-state index contributed by atoms with van der Waals surface area (Å²) in [5, 5.41) is 6.96. The Kier molecular flexibility index (Phi) is 2.08. The van der Waals surface area contributed by atoms with Crippen molar-refractivity contribution in [1.82, 2.24) is 10.2 Å². The van der Waals surface area contributed by atoms with Crippen molar-refractivity contribution in [2.45, 2.75) is 6.42 Å². The summed E-state index contributed by atoms with van der Waals surface area (Å²) in [5.74, 6) is 0. The Morgan fingerprint density at radius 1 is 1.78 bits per heavy atom. The molecule has 9 heavy (non-hydrogen) atoms. The molecule has 1 aromatic rings. The van der Waals surface area contributed by atoms with E-state index >= 15 is 0 Å². The Morgan fingerprint density at radius 2 is 2.56 bits per heavy atom. The molecule has 50 valence electrons. The summed E-state index contributed by atoms with van der Waals surface area (Å²) < 4.78 is 0. The van der Waals surface area contributed by atoms with E-state index in [-0.39, 0.29) is 0 Å². The molecular formula is C5H8ClN3. The molecule has 0 bridgehead atoms. The number of nitrogens with one attached hydrogen (secondary N) is 1. The van der Waals surface area contributed by atoms with E-state index < -0.39 is 0 Å². The number of nitrogens with two attached hydrogens (primary N) is 1. The molecular weight excluding hydrogens is 138 g/mol. The lowest BCUT2D eigenvalue weighted by atomic mass is 10.3. The van der Waals surface area contributed by atoms with Gasteiger partial charge in [-0.1, -0.05) is 11.6 Å². The first-order valence-corrected chi connectivity index (χ1v) is 3.10. The first kappa shape index (κ1) is 6.58. The van der Waals surface area contributed by atoms with Crippen LogP contribution in [0.3, 0.4) is 0 Å². The van der Waals surface area contributed by atoms with Crippen molar-refractivity contribution in [3.05, 3.63) is 16.9 Å². The van der Waals surface area contributed by atoms with E-state index in [9.17, 15) is 0 Å². The van der Waals surface area contributed by atoms with E-state index in [0.717, 1.165) is 12.1 Å². The molecule has 3 N–H and O–H groups in total. The summed E-state index contributed by atoms with van der Waals surface area (Å²) in [6.07, 6.45) is 0.805. The Morgan fingerprint density at radius 3 is 3.00 bits per heavy atom. The smallest absolute Gasteiger partial charge is 0.151 e. The third kappa shape index (κ3) is 1.69. The summed E-state index contributed by atoms with van der Waals surface area (Å²) >= 11 is 5.51. The van der Waals surface area contributed by atoms with Crippen LogP contribution in [0.5, 0.6) is 0 Å². The number of H-pyrrole nitrogens is 1. The van der Waals surface area contributed by atoms with Gasteiger partial charge in [0.15, 0.2) is 5.15 Å². The van der Waals surface area contributed by atoms with E-state index in [1.54, 1.807) is 6.07 Å². The molecule has 0 aliphatic heterocycles. The molecule has 0 aliphatic carbocycles. The second-order valence-electron chi connectivity index (χ2n) is 1.75. The molecule has 0 radical (unpaired) electrons. The largest absolute Gasteiger partial charge is 0.330 e. The Hall–Kier alpha value is -0.540. The molecule has 0 saturated carbocycles. The first-order chi connectivity index (χ1) is 4.33. The molecule has 1 aromatic heterocycles. The normalized spacial score (nSPS) is 10.0. The minimum absolute atomic E-state index is 0.499. The average Bonchev–Trinajstić information content (AvgIpc) is 2.17. The molecule has 0 amide bonds. The molecule has 0 aromatic carbocycles. The maximum atomic E-state index is 5.51. The van der Waals surface area contributed by atoms with Crippen molar-refractivity contribution in [2.75, 3.05) is 6.54 Å². The average molecular weight is 146 g/mol. The van der Waals surface area contributed by atoms with Crippen molar-refractivity contribution >= 4 is 11.6 Å². The van der Waals surface area contributed by atoms with Gasteiger partial charge in [0.1, 0.15) is 0 Å². The third-order valence-electron chi connectivity index (χ3n) is 1.01. The molecule has 1 heterocycles. The van der Waals surface area contributed by atoms with Crippen LogP contribution < -0.4 is 5.73 Å². The Balaban J connectivity index is 2.61. The fourth-order valence-electron chi connectivity index (χ4n) is 0.617. The lowest BCUT2D eigenvalue weighted by Crippen LogP contribution is -2.02. The lowest BCUT2D eigenvalue weighted by Gasteiger charge is -1.86. The molecule has 0 fully saturated rings. The minimum Gasteiger partial charge on any atom is -0.330 e. The van der Waals surface area contributed by atoms with Crippen LogP contribution >= 0.6 is 11.6 Å². The van der Waals surface area contributed by atoms with Gasteiger partial charge in [-0.15, -0.1) is 0 Å². The summed E-state index contributed by atoms with van der Waals surface area (Å²) in [7, 11) is 0. The number of hydrogen-bond donors (Lipinski definition) is 2. The van der Waals surface area contributed by atoms with Crippen molar-refractivity contribution < 1.29 is 0 Å². The van der Waals surface area contributed by atoms with E-state index in [0.29, 0.717) is 11.7 Å². The lowest BCUT2D eigenvalue weighted by molar-refractivity contribution is 0.901. The zero-order valence-corrected chi connectivity index (χ0v) is 5.65. The second kappa shape index (κ2) is 2.85. The van der Waals surface area contributed by atoms with Gasteiger partial charge in [-0.25, -0.2) is 0 Å². The van der Waals surface area contributed by atoms with Crippen molar-refractivity contribution in [3.8, 4) is 0 Å². The van der Waals surface area contributed by atoms with Gasteiger partial charge < -0.3 is 5.73 Å². The highest BCUT2D eigenvalue weighted by Crippen LogP contribution is 2.04. The van der Waals surface area contributed by atoms with Gasteiger partial charge in [0.25, 0.3) is 0 Å². The minimum atomic E-state index is 0.499. The van der Waals surface area contributed by atoms with Crippen molar-refractivity contribution in [1.29, 1.82) is 0 Å². The summed E-state index contributed by atoms with van der Waals surface area (Å²) in [5.41, 5.74) is 6.27. The first-order valence-electron chi connectivity index (χ1n) is 2.73. The number of rotatable bonds is 2. The van der Waals surface area contributed by atoms with E-state index in [4.69, 9.17) is 17.3 Å².